The number of benzene rings is 2. The van der Waals surface area contributed by atoms with Gasteiger partial charge in [0, 0.05) is 12.6 Å². The molecule has 2 aromatic carbocycles. The van der Waals surface area contributed by atoms with Crippen LogP contribution in [0, 0.1) is 5.92 Å². The molecule has 1 saturated heterocycles. The van der Waals surface area contributed by atoms with Gasteiger partial charge in [0.25, 0.3) is 0 Å². The van der Waals surface area contributed by atoms with Gasteiger partial charge in [0.15, 0.2) is 0 Å². The van der Waals surface area contributed by atoms with E-state index in [0.717, 1.165) is 30.0 Å². The molecular weight excluding hydrogens is 294 g/mol. The molecule has 4 rings (SSSR count). The Kier molecular flexibility index (Phi) is 4.84. The molecule has 0 amide bonds. The summed E-state index contributed by atoms with van der Waals surface area (Å²) in [5.41, 5.74) is 1.37. The van der Waals surface area contributed by atoms with E-state index >= 15 is 0 Å². The number of nitrogens with zero attached hydrogens (tertiary/aromatic N) is 1. The molecule has 1 aliphatic heterocycles. The van der Waals surface area contributed by atoms with Gasteiger partial charge in [-0.2, -0.15) is 0 Å². The van der Waals surface area contributed by atoms with Crippen LogP contribution < -0.4 is 4.74 Å². The topological polar surface area (TPSA) is 12.5 Å². The summed E-state index contributed by atoms with van der Waals surface area (Å²) in [6, 6.07) is 19.5. The first-order valence-corrected chi connectivity index (χ1v) is 9.44. The second-order valence-electron chi connectivity index (χ2n) is 7.29. The van der Waals surface area contributed by atoms with E-state index in [9.17, 15) is 0 Å². The molecule has 0 N–H and O–H groups in total. The summed E-state index contributed by atoms with van der Waals surface area (Å²) in [7, 11) is 0. The predicted molar refractivity (Wildman–Crippen MR) is 98.3 cm³/mol. The number of fused-ring (bicyclic) bond motifs is 1. The molecule has 2 aromatic rings. The first kappa shape index (κ1) is 15.7. The number of likely N-dealkylation sites (tertiary alicyclic amines) is 1. The largest absolute Gasteiger partial charge is 0.457 e. The highest BCUT2D eigenvalue weighted by molar-refractivity contribution is 5.33. The van der Waals surface area contributed by atoms with Crippen LogP contribution in [-0.4, -0.2) is 17.5 Å². The molecule has 2 nitrogen and oxygen atoms in total. The summed E-state index contributed by atoms with van der Waals surface area (Å²) in [5, 5.41) is 0. The quantitative estimate of drug-likeness (QED) is 0.723. The fourth-order valence-corrected chi connectivity index (χ4v) is 4.49. The van der Waals surface area contributed by atoms with Gasteiger partial charge in [-0.05, 0) is 68.0 Å². The van der Waals surface area contributed by atoms with Crippen molar-refractivity contribution in [1.29, 1.82) is 0 Å². The molecule has 0 radical (unpaired) electrons. The smallest absolute Gasteiger partial charge is 0.127 e. The first-order valence-electron chi connectivity index (χ1n) is 9.44. The van der Waals surface area contributed by atoms with Crippen LogP contribution in [0.4, 0.5) is 0 Å². The fraction of sp³-hybridized carbons (Fsp3) is 0.455. The van der Waals surface area contributed by atoms with Gasteiger partial charge in [-0.1, -0.05) is 43.2 Å². The third kappa shape index (κ3) is 3.64. The Labute approximate surface area is 145 Å². The van der Waals surface area contributed by atoms with Crippen LogP contribution in [0.1, 0.15) is 44.1 Å². The maximum absolute atomic E-state index is 6.00. The molecule has 1 heterocycles. The lowest BCUT2D eigenvalue weighted by atomic mass is 9.78. The average Bonchev–Trinajstić information content (AvgIpc) is 2.63. The van der Waals surface area contributed by atoms with E-state index in [4.69, 9.17) is 4.74 Å². The van der Waals surface area contributed by atoms with Crippen molar-refractivity contribution in [3.63, 3.8) is 0 Å². The summed E-state index contributed by atoms with van der Waals surface area (Å²) in [4.78, 5) is 2.73. The molecule has 0 aromatic heterocycles. The summed E-state index contributed by atoms with van der Waals surface area (Å²) < 4.78 is 6.00. The lowest BCUT2D eigenvalue weighted by molar-refractivity contribution is 0.0547. The molecular formula is C22H27NO. The normalized spacial score (nSPS) is 24.3. The SMILES string of the molecule is c1ccc(Oc2cccc(CN3CCC[C@H]4CCCC[C@@H]43)c2)cc1. The number of ether oxygens (including phenoxy) is 1. The van der Waals surface area contributed by atoms with Crippen LogP contribution in [-0.2, 0) is 6.54 Å². The lowest BCUT2D eigenvalue weighted by Crippen LogP contribution is -2.46. The van der Waals surface area contributed by atoms with Gasteiger partial charge in [0.1, 0.15) is 11.5 Å². The zero-order chi connectivity index (χ0) is 16.2. The standard InChI is InChI=1S/C22H27NO/c1-2-11-20(12-3-1)24-21-13-6-8-18(16-21)17-23-15-7-10-19-9-4-5-14-22(19)23/h1-3,6,8,11-13,16,19,22H,4-5,7,9-10,14-15,17H2/t19-,22+/m1/s1. The zero-order valence-corrected chi connectivity index (χ0v) is 14.4. The molecule has 1 aliphatic carbocycles. The minimum atomic E-state index is 0.811. The van der Waals surface area contributed by atoms with Gasteiger partial charge in [-0.3, -0.25) is 4.90 Å². The van der Waals surface area contributed by atoms with Crippen molar-refractivity contribution in [2.45, 2.75) is 51.1 Å². The second-order valence-corrected chi connectivity index (χ2v) is 7.29. The van der Waals surface area contributed by atoms with Crippen molar-refractivity contribution in [1.82, 2.24) is 4.90 Å². The Morgan fingerprint density at radius 3 is 2.54 bits per heavy atom. The highest BCUT2D eigenvalue weighted by Crippen LogP contribution is 2.36. The van der Waals surface area contributed by atoms with Crippen LogP contribution in [0.2, 0.25) is 0 Å². The van der Waals surface area contributed by atoms with E-state index in [1.54, 1.807) is 0 Å². The molecule has 2 atom stereocenters. The Hall–Kier alpha value is -1.80. The summed E-state index contributed by atoms with van der Waals surface area (Å²) in [6.45, 7) is 2.32. The predicted octanol–water partition coefficient (Wildman–Crippen LogP) is 5.63. The third-order valence-electron chi connectivity index (χ3n) is 5.62. The number of para-hydroxylation sites is 1. The molecule has 1 saturated carbocycles. The van der Waals surface area contributed by atoms with Crippen molar-refractivity contribution in [2.75, 3.05) is 6.54 Å². The molecule has 0 spiro atoms. The monoisotopic (exact) mass is 321 g/mol. The lowest BCUT2D eigenvalue weighted by Gasteiger charge is -2.44. The Bertz CT molecular complexity index is 652. The van der Waals surface area contributed by atoms with E-state index < -0.39 is 0 Å². The fourth-order valence-electron chi connectivity index (χ4n) is 4.49. The minimum absolute atomic E-state index is 0.811. The highest BCUT2D eigenvalue weighted by Gasteiger charge is 2.32. The van der Waals surface area contributed by atoms with Crippen molar-refractivity contribution < 1.29 is 4.74 Å². The first-order chi connectivity index (χ1) is 11.9. The van der Waals surface area contributed by atoms with Gasteiger partial charge < -0.3 is 4.74 Å². The Balaban J connectivity index is 1.45. The molecule has 0 bridgehead atoms. The van der Waals surface area contributed by atoms with Crippen LogP contribution in [0.15, 0.2) is 54.6 Å². The van der Waals surface area contributed by atoms with E-state index in [1.165, 1.54) is 50.6 Å². The molecule has 24 heavy (non-hydrogen) atoms. The Morgan fingerprint density at radius 1 is 0.833 bits per heavy atom. The number of piperidine rings is 1. The second kappa shape index (κ2) is 7.40. The minimum Gasteiger partial charge on any atom is -0.457 e. The third-order valence-corrected chi connectivity index (χ3v) is 5.62. The maximum Gasteiger partial charge on any atom is 0.127 e. The van der Waals surface area contributed by atoms with Gasteiger partial charge in [0.2, 0.25) is 0 Å². The van der Waals surface area contributed by atoms with Crippen LogP contribution in [0.25, 0.3) is 0 Å². The molecule has 2 fully saturated rings. The van der Waals surface area contributed by atoms with Gasteiger partial charge in [-0.15, -0.1) is 0 Å². The van der Waals surface area contributed by atoms with Crippen molar-refractivity contribution in [2.24, 2.45) is 5.92 Å². The molecule has 2 aliphatic rings. The summed E-state index contributed by atoms with van der Waals surface area (Å²) in [6.07, 6.45) is 8.49. The number of rotatable bonds is 4. The number of hydrogen-bond acceptors (Lipinski definition) is 2. The van der Waals surface area contributed by atoms with E-state index in [2.05, 4.69) is 29.2 Å². The maximum atomic E-state index is 6.00. The van der Waals surface area contributed by atoms with E-state index in [-0.39, 0.29) is 0 Å². The highest BCUT2D eigenvalue weighted by atomic mass is 16.5. The van der Waals surface area contributed by atoms with E-state index in [1.807, 2.05) is 30.3 Å². The Morgan fingerprint density at radius 2 is 1.62 bits per heavy atom. The van der Waals surface area contributed by atoms with Crippen molar-refractivity contribution >= 4 is 0 Å². The molecule has 2 heteroatoms. The summed E-state index contributed by atoms with van der Waals surface area (Å²) >= 11 is 0. The summed E-state index contributed by atoms with van der Waals surface area (Å²) in [5.74, 6) is 2.78. The van der Waals surface area contributed by atoms with Gasteiger partial charge in [-0.25, -0.2) is 0 Å². The zero-order valence-electron chi connectivity index (χ0n) is 14.4. The molecule has 126 valence electrons. The van der Waals surface area contributed by atoms with Gasteiger partial charge >= 0.3 is 0 Å². The van der Waals surface area contributed by atoms with Crippen LogP contribution >= 0.6 is 0 Å². The van der Waals surface area contributed by atoms with Crippen LogP contribution in [0.5, 0.6) is 11.5 Å². The average molecular weight is 321 g/mol. The van der Waals surface area contributed by atoms with E-state index in [0.29, 0.717) is 0 Å². The van der Waals surface area contributed by atoms with Gasteiger partial charge in [0.05, 0.1) is 0 Å². The van der Waals surface area contributed by atoms with Crippen LogP contribution in [0.3, 0.4) is 0 Å². The molecule has 0 unspecified atom stereocenters. The number of hydrogen-bond donors (Lipinski definition) is 0. The van der Waals surface area contributed by atoms with Crippen molar-refractivity contribution in [3.05, 3.63) is 60.2 Å². The van der Waals surface area contributed by atoms with Crippen molar-refractivity contribution in [3.8, 4) is 11.5 Å².